The van der Waals surface area contributed by atoms with E-state index in [0.29, 0.717) is 6.04 Å². The summed E-state index contributed by atoms with van der Waals surface area (Å²) in [4.78, 5) is 0. The molecule has 0 atom stereocenters. The normalized spacial score (nSPS) is 16.8. The minimum atomic E-state index is 0.712. The van der Waals surface area contributed by atoms with E-state index in [0.717, 1.165) is 13.2 Å². The predicted molar refractivity (Wildman–Crippen MR) is 55.6 cm³/mol. The highest BCUT2D eigenvalue weighted by Gasteiger charge is 2.09. The van der Waals surface area contributed by atoms with Gasteiger partial charge >= 0.3 is 0 Å². The summed E-state index contributed by atoms with van der Waals surface area (Å²) in [6.07, 6.45) is 2.35. The van der Waals surface area contributed by atoms with Gasteiger partial charge in [-0.2, -0.15) is 0 Å². The SMILES string of the molecule is CC.CC.CNC1CCOCC1. The average Bonchev–Trinajstić information content (AvgIpc) is 2.25. The third-order valence-corrected chi connectivity index (χ3v) is 1.63. The van der Waals surface area contributed by atoms with E-state index < -0.39 is 0 Å². The number of nitrogens with one attached hydrogen (secondary N) is 1. The van der Waals surface area contributed by atoms with Gasteiger partial charge in [0.15, 0.2) is 0 Å². The number of ether oxygens (including phenoxy) is 1. The summed E-state index contributed by atoms with van der Waals surface area (Å²) in [5.41, 5.74) is 0. The van der Waals surface area contributed by atoms with Gasteiger partial charge in [-0.25, -0.2) is 0 Å². The van der Waals surface area contributed by atoms with Crippen LogP contribution in [0.5, 0.6) is 0 Å². The summed E-state index contributed by atoms with van der Waals surface area (Å²) < 4.78 is 5.16. The van der Waals surface area contributed by atoms with Gasteiger partial charge in [-0.05, 0) is 19.9 Å². The highest BCUT2D eigenvalue weighted by molar-refractivity contribution is 4.66. The zero-order chi connectivity index (χ0) is 9.82. The van der Waals surface area contributed by atoms with Crippen LogP contribution in [-0.4, -0.2) is 26.3 Å². The first-order valence-electron chi connectivity index (χ1n) is 5.18. The number of rotatable bonds is 1. The van der Waals surface area contributed by atoms with Crippen LogP contribution in [0, 0.1) is 0 Å². The molecule has 1 rings (SSSR count). The Morgan fingerprint density at radius 3 is 1.67 bits per heavy atom. The maximum absolute atomic E-state index is 5.16. The molecule has 0 aromatic heterocycles. The minimum absolute atomic E-state index is 0.712. The van der Waals surface area contributed by atoms with Crippen molar-refractivity contribution in [2.75, 3.05) is 20.3 Å². The summed E-state index contributed by atoms with van der Waals surface area (Å²) in [6.45, 7) is 9.87. The number of hydrogen-bond donors (Lipinski definition) is 1. The maximum atomic E-state index is 5.16. The standard InChI is InChI=1S/C6H13NO.2C2H6/c1-7-6-2-4-8-5-3-6;2*1-2/h6-7H,2-5H2,1H3;2*1-2H3. The smallest absolute Gasteiger partial charge is 0.0480 e. The van der Waals surface area contributed by atoms with Crippen molar-refractivity contribution >= 4 is 0 Å². The quantitative estimate of drug-likeness (QED) is 0.661. The monoisotopic (exact) mass is 175 g/mol. The molecule has 1 heterocycles. The van der Waals surface area contributed by atoms with Crippen molar-refractivity contribution in [3.05, 3.63) is 0 Å². The molecule has 0 spiro atoms. The van der Waals surface area contributed by atoms with Crippen LogP contribution >= 0.6 is 0 Å². The van der Waals surface area contributed by atoms with Crippen LogP contribution in [0.4, 0.5) is 0 Å². The molecule has 1 aliphatic rings. The van der Waals surface area contributed by atoms with Gasteiger partial charge in [0, 0.05) is 19.3 Å². The number of hydrogen-bond acceptors (Lipinski definition) is 2. The Labute approximate surface area is 77.7 Å². The first kappa shape index (κ1) is 14.4. The topological polar surface area (TPSA) is 21.3 Å². The summed E-state index contributed by atoms with van der Waals surface area (Å²) in [5, 5.41) is 3.22. The fourth-order valence-corrected chi connectivity index (χ4v) is 0.986. The van der Waals surface area contributed by atoms with Gasteiger partial charge in [-0.15, -0.1) is 0 Å². The lowest BCUT2D eigenvalue weighted by molar-refractivity contribution is 0.0799. The van der Waals surface area contributed by atoms with Gasteiger partial charge in [-0.1, -0.05) is 27.7 Å². The molecule has 2 heteroatoms. The molecule has 12 heavy (non-hydrogen) atoms. The zero-order valence-electron chi connectivity index (χ0n) is 9.31. The molecule has 0 bridgehead atoms. The molecule has 2 nitrogen and oxygen atoms in total. The van der Waals surface area contributed by atoms with Crippen molar-refractivity contribution in [1.82, 2.24) is 5.32 Å². The molecule has 76 valence electrons. The van der Waals surface area contributed by atoms with E-state index in [1.165, 1.54) is 12.8 Å². The highest BCUT2D eigenvalue weighted by Crippen LogP contribution is 2.04. The van der Waals surface area contributed by atoms with E-state index in [9.17, 15) is 0 Å². The first-order valence-corrected chi connectivity index (χ1v) is 5.18. The molecule has 1 saturated heterocycles. The van der Waals surface area contributed by atoms with Gasteiger partial charge in [0.05, 0.1) is 0 Å². The fraction of sp³-hybridized carbons (Fsp3) is 1.00. The van der Waals surface area contributed by atoms with Crippen LogP contribution in [0.25, 0.3) is 0 Å². The molecule has 0 aliphatic carbocycles. The Balaban J connectivity index is 0. The Morgan fingerprint density at radius 1 is 1.00 bits per heavy atom. The van der Waals surface area contributed by atoms with Crippen LogP contribution in [0.2, 0.25) is 0 Å². The lowest BCUT2D eigenvalue weighted by atomic mass is 10.1. The third kappa shape index (κ3) is 8.02. The van der Waals surface area contributed by atoms with E-state index in [1.807, 2.05) is 34.7 Å². The Hall–Kier alpha value is -0.0800. The second-order valence-corrected chi connectivity index (χ2v) is 2.18. The second-order valence-electron chi connectivity index (χ2n) is 2.18. The molecule has 0 aromatic carbocycles. The summed E-state index contributed by atoms with van der Waals surface area (Å²) in [6, 6.07) is 0.712. The van der Waals surface area contributed by atoms with Crippen molar-refractivity contribution in [3.8, 4) is 0 Å². The maximum Gasteiger partial charge on any atom is 0.0480 e. The molecule has 0 unspecified atom stereocenters. The molecule has 0 saturated carbocycles. The van der Waals surface area contributed by atoms with E-state index in [4.69, 9.17) is 4.74 Å². The van der Waals surface area contributed by atoms with Crippen molar-refractivity contribution in [3.63, 3.8) is 0 Å². The Kier molecular flexibility index (Phi) is 16.3. The Bertz CT molecular complexity index is 60.9. The summed E-state index contributed by atoms with van der Waals surface area (Å²) in [7, 11) is 2.01. The molecule has 0 amide bonds. The van der Waals surface area contributed by atoms with Crippen LogP contribution < -0.4 is 5.32 Å². The van der Waals surface area contributed by atoms with Crippen LogP contribution in [0.3, 0.4) is 0 Å². The van der Waals surface area contributed by atoms with Gasteiger partial charge in [0.25, 0.3) is 0 Å². The second kappa shape index (κ2) is 13.5. The van der Waals surface area contributed by atoms with Gasteiger partial charge in [-0.3, -0.25) is 0 Å². The molecular weight excluding hydrogens is 150 g/mol. The summed E-state index contributed by atoms with van der Waals surface area (Å²) in [5.74, 6) is 0. The van der Waals surface area contributed by atoms with E-state index >= 15 is 0 Å². The predicted octanol–water partition coefficient (Wildman–Crippen LogP) is 2.44. The van der Waals surface area contributed by atoms with E-state index in [1.54, 1.807) is 0 Å². The molecule has 0 aromatic rings. The van der Waals surface area contributed by atoms with Gasteiger partial charge < -0.3 is 10.1 Å². The summed E-state index contributed by atoms with van der Waals surface area (Å²) >= 11 is 0. The lowest BCUT2D eigenvalue weighted by Crippen LogP contribution is -2.31. The average molecular weight is 175 g/mol. The minimum Gasteiger partial charge on any atom is -0.381 e. The first-order chi connectivity index (χ1) is 5.93. The zero-order valence-corrected chi connectivity index (χ0v) is 9.31. The van der Waals surface area contributed by atoms with Crippen molar-refractivity contribution < 1.29 is 4.74 Å². The van der Waals surface area contributed by atoms with E-state index in [2.05, 4.69) is 5.32 Å². The Morgan fingerprint density at radius 2 is 1.42 bits per heavy atom. The van der Waals surface area contributed by atoms with Crippen molar-refractivity contribution in [1.29, 1.82) is 0 Å². The van der Waals surface area contributed by atoms with E-state index in [-0.39, 0.29) is 0 Å². The van der Waals surface area contributed by atoms with Crippen LogP contribution in [-0.2, 0) is 4.74 Å². The fourth-order valence-electron chi connectivity index (χ4n) is 0.986. The largest absolute Gasteiger partial charge is 0.381 e. The van der Waals surface area contributed by atoms with Crippen LogP contribution in [0.15, 0.2) is 0 Å². The molecule has 1 aliphatic heterocycles. The molecular formula is C10H25NO. The van der Waals surface area contributed by atoms with Crippen LogP contribution in [0.1, 0.15) is 40.5 Å². The van der Waals surface area contributed by atoms with Gasteiger partial charge in [0.1, 0.15) is 0 Å². The molecule has 1 N–H and O–H groups in total. The molecule has 1 fully saturated rings. The lowest BCUT2D eigenvalue weighted by Gasteiger charge is -2.20. The van der Waals surface area contributed by atoms with Crippen molar-refractivity contribution in [2.24, 2.45) is 0 Å². The molecule has 0 radical (unpaired) electrons. The van der Waals surface area contributed by atoms with Crippen molar-refractivity contribution in [2.45, 2.75) is 46.6 Å². The van der Waals surface area contributed by atoms with Gasteiger partial charge in [0.2, 0.25) is 0 Å². The highest BCUT2D eigenvalue weighted by atomic mass is 16.5. The third-order valence-electron chi connectivity index (χ3n) is 1.63.